The highest BCUT2D eigenvalue weighted by atomic mass is 32.1. The predicted molar refractivity (Wildman–Crippen MR) is 89.2 cm³/mol. The number of hydrogen-bond donors (Lipinski definition) is 3. The zero-order valence-corrected chi connectivity index (χ0v) is 14.2. The van der Waals surface area contributed by atoms with Crippen LogP contribution in [0, 0.1) is 12.3 Å². The van der Waals surface area contributed by atoms with Gasteiger partial charge in [-0.3, -0.25) is 0 Å². The van der Waals surface area contributed by atoms with Crippen LogP contribution in [-0.2, 0) is 11.3 Å². The highest BCUT2D eigenvalue weighted by molar-refractivity contribution is 7.11. The first-order valence-corrected chi connectivity index (χ1v) is 8.61. The largest absolute Gasteiger partial charge is 0.396 e. The second-order valence-corrected chi connectivity index (χ2v) is 7.01. The lowest BCUT2D eigenvalue weighted by Gasteiger charge is -2.27. The summed E-state index contributed by atoms with van der Waals surface area (Å²) in [6, 6.07) is 0. The Morgan fingerprint density at radius 3 is 3.00 bits per heavy atom. The summed E-state index contributed by atoms with van der Waals surface area (Å²) in [4.78, 5) is 10.1. The van der Waals surface area contributed by atoms with Gasteiger partial charge in [0.15, 0.2) is 5.96 Å². The molecule has 1 fully saturated rings. The number of hydrogen-bond acceptors (Lipinski definition) is 5. The van der Waals surface area contributed by atoms with Gasteiger partial charge in [0.2, 0.25) is 0 Å². The molecular formula is C15H26N4O2S. The number of nitrogens with one attached hydrogen (secondary N) is 2. The maximum Gasteiger partial charge on any atom is 0.191 e. The minimum Gasteiger partial charge on any atom is -0.396 e. The molecule has 1 unspecified atom stereocenters. The molecule has 1 saturated heterocycles. The molecule has 1 aliphatic rings. The Morgan fingerprint density at radius 2 is 2.41 bits per heavy atom. The molecule has 1 aromatic heterocycles. The van der Waals surface area contributed by atoms with Crippen molar-refractivity contribution in [3.05, 3.63) is 16.1 Å². The van der Waals surface area contributed by atoms with Crippen molar-refractivity contribution < 1.29 is 9.84 Å². The molecule has 1 atom stereocenters. The van der Waals surface area contributed by atoms with Gasteiger partial charge in [0.1, 0.15) is 5.01 Å². The summed E-state index contributed by atoms with van der Waals surface area (Å²) < 4.78 is 5.52. The highest BCUT2D eigenvalue weighted by Gasteiger charge is 2.34. The molecule has 22 heavy (non-hydrogen) atoms. The number of aliphatic hydroxyl groups is 1. The lowest BCUT2D eigenvalue weighted by molar-refractivity contribution is 0.127. The molecule has 2 heterocycles. The van der Waals surface area contributed by atoms with Gasteiger partial charge >= 0.3 is 0 Å². The van der Waals surface area contributed by atoms with E-state index in [-0.39, 0.29) is 12.0 Å². The zero-order chi connectivity index (χ0) is 15.8. The molecule has 0 saturated carbocycles. The number of ether oxygens (including phenoxy) is 1. The lowest BCUT2D eigenvalue weighted by Crippen LogP contribution is -2.44. The number of thiazole rings is 1. The van der Waals surface area contributed by atoms with Gasteiger partial charge in [-0.15, -0.1) is 11.3 Å². The standard InChI is InChI=1S/C15H26N4O2S/c1-3-16-14(18-9-13-17-8-12(2)22-13)19-10-15(4-6-20)5-7-21-11-15/h8,20H,3-7,9-11H2,1-2H3,(H2,16,18,19). The van der Waals surface area contributed by atoms with Crippen LogP contribution >= 0.6 is 11.3 Å². The Bertz CT molecular complexity index is 484. The van der Waals surface area contributed by atoms with E-state index in [1.54, 1.807) is 11.3 Å². The molecular weight excluding hydrogens is 300 g/mol. The molecule has 0 aromatic carbocycles. The number of rotatable bonds is 7. The minimum absolute atomic E-state index is 0.0166. The fourth-order valence-corrected chi connectivity index (χ4v) is 3.26. The molecule has 7 heteroatoms. The number of aryl methyl sites for hydroxylation is 1. The van der Waals surface area contributed by atoms with E-state index < -0.39 is 0 Å². The van der Waals surface area contributed by atoms with E-state index in [1.165, 1.54) is 4.88 Å². The Labute approximate surface area is 136 Å². The van der Waals surface area contributed by atoms with Crippen molar-refractivity contribution in [1.82, 2.24) is 15.6 Å². The van der Waals surface area contributed by atoms with E-state index in [0.717, 1.165) is 43.5 Å². The maximum absolute atomic E-state index is 9.28. The van der Waals surface area contributed by atoms with E-state index in [4.69, 9.17) is 4.74 Å². The smallest absolute Gasteiger partial charge is 0.191 e. The quantitative estimate of drug-likeness (QED) is 0.520. The summed E-state index contributed by atoms with van der Waals surface area (Å²) in [5.41, 5.74) is 0.0166. The van der Waals surface area contributed by atoms with Crippen molar-refractivity contribution in [2.45, 2.75) is 33.2 Å². The van der Waals surface area contributed by atoms with Crippen molar-refractivity contribution >= 4 is 17.3 Å². The number of aliphatic hydroxyl groups excluding tert-OH is 1. The normalized spacial score (nSPS) is 22.0. The average molecular weight is 326 g/mol. The second-order valence-electron chi connectivity index (χ2n) is 5.69. The van der Waals surface area contributed by atoms with Crippen molar-refractivity contribution in [2.75, 3.05) is 32.9 Å². The van der Waals surface area contributed by atoms with Gasteiger partial charge in [-0.25, -0.2) is 9.98 Å². The van der Waals surface area contributed by atoms with Gasteiger partial charge in [0, 0.05) is 42.8 Å². The van der Waals surface area contributed by atoms with Crippen LogP contribution in [0.3, 0.4) is 0 Å². The summed E-state index contributed by atoms with van der Waals surface area (Å²) in [6.07, 6.45) is 3.61. The summed E-state index contributed by atoms with van der Waals surface area (Å²) >= 11 is 1.67. The molecule has 0 amide bonds. The molecule has 124 valence electrons. The minimum atomic E-state index is 0.0166. The molecule has 0 radical (unpaired) electrons. The van der Waals surface area contributed by atoms with Crippen LogP contribution in [-0.4, -0.2) is 49.0 Å². The van der Waals surface area contributed by atoms with Crippen LogP contribution in [0.1, 0.15) is 29.7 Å². The topological polar surface area (TPSA) is 78.8 Å². The Balaban J connectivity index is 1.92. The first-order valence-electron chi connectivity index (χ1n) is 7.79. The SMILES string of the molecule is CCNC(=NCc1ncc(C)s1)NCC1(CCO)CCOC1. The molecule has 2 rings (SSSR count). The molecule has 1 aliphatic heterocycles. The molecule has 0 bridgehead atoms. The van der Waals surface area contributed by atoms with Crippen LogP contribution in [0.2, 0.25) is 0 Å². The van der Waals surface area contributed by atoms with E-state index in [9.17, 15) is 5.11 Å². The van der Waals surface area contributed by atoms with Gasteiger partial charge in [-0.2, -0.15) is 0 Å². The molecule has 3 N–H and O–H groups in total. The van der Waals surface area contributed by atoms with E-state index in [0.29, 0.717) is 13.2 Å². The maximum atomic E-state index is 9.28. The predicted octanol–water partition coefficient (Wildman–Crippen LogP) is 1.30. The Morgan fingerprint density at radius 1 is 1.55 bits per heavy atom. The molecule has 0 spiro atoms. The fraction of sp³-hybridized carbons (Fsp3) is 0.733. The number of guanidine groups is 1. The lowest BCUT2D eigenvalue weighted by atomic mass is 9.84. The summed E-state index contributed by atoms with van der Waals surface area (Å²) in [6.45, 7) is 7.91. The van der Waals surface area contributed by atoms with Gasteiger partial charge in [-0.05, 0) is 26.7 Å². The first kappa shape index (κ1) is 17.2. The third-order valence-corrected chi connectivity index (χ3v) is 4.74. The van der Waals surface area contributed by atoms with Gasteiger partial charge < -0.3 is 20.5 Å². The summed E-state index contributed by atoms with van der Waals surface area (Å²) in [5, 5.41) is 16.9. The van der Waals surface area contributed by atoms with E-state index in [2.05, 4.69) is 20.6 Å². The highest BCUT2D eigenvalue weighted by Crippen LogP contribution is 2.31. The summed E-state index contributed by atoms with van der Waals surface area (Å²) in [7, 11) is 0. The Kier molecular flexibility index (Phi) is 6.60. The number of nitrogens with zero attached hydrogens (tertiary/aromatic N) is 2. The van der Waals surface area contributed by atoms with Crippen molar-refractivity contribution in [1.29, 1.82) is 0 Å². The van der Waals surface area contributed by atoms with Crippen LogP contribution < -0.4 is 10.6 Å². The van der Waals surface area contributed by atoms with Crippen molar-refractivity contribution in [3.63, 3.8) is 0 Å². The monoisotopic (exact) mass is 326 g/mol. The fourth-order valence-electron chi connectivity index (χ4n) is 2.55. The zero-order valence-electron chi connectivity index (χ0n) is 13.4. The summed E-state index contributed by atoms with van der Waals surface area (Å²) in [5.74, 6) is 0.791. The third kappa shape index (κ3) is 4.93. The molecule has 6 nitrogen and oxygen atoms in total. The molecule has 1 aromatic rings. The van der Waals surface area contributed by atoms with Crippen molar-refractivity contribution in [2.24, 2.45) is 10.4 Å². The van der Waals surface area contributed by atoms with Crippen LogP contribution in [0.25, 0.3) is 0 Å². The van der Waals surface area contributed by atoms with E-state index >= 15 is 0 Å². The van der Waals surface area contributed by atoms with Gasteiger partial charge in [-0.1, -0.05) is 0 Å². The van der Waals surface area contributed by atoms with Crippen LogP contribution in [0.5, 0.6) is 0 Å². The van der Waals surface area contributed by atoms with Gasteiger partial charge in [0.25, 0.3) is 0 Å². The van der Waals surface area contributed by atoms with Crippen LogP contribution in [0.4, 0.5) is 0 Å². The number of aromatic nitrogens is 1. The third-order valence-electron chi connectivity index (χ3n) is 3.84. The second kappa shape index (κ2) is 8.45. The van der Waals surface area contributed by atoms with Crippen LogP contribution in [0.15, 0.2) is 11.2 Å². The Hall–Kier alpha value is -1.18. The van der Waals surface area contributed by atoms with E-state index in [1.807, 2.05) is 20.0 Å². The average Bonchev–Trinajstić information content (AvgIpc) is 3.12. The number of aliphatic imine (C=N–C) groups is 1. The first-order chi connectivity index (χ1) is 10.7. The molecule has 0 aliphatic carbocycles. The van der Waals surface area contributed by atoms with Crippen molar-refractivity contribution in [3.8, 4) is 0 Å². The van der Waals surface area contributed by atoms with Gasteiger partial charge in [0.05, 0.1) is 13.2 Å².